The number of ketones is 1. The van der Waals surface area contributed by atoms with Gasteiger partial charge in [0.2, 0.25) is 5.95 Å². The summed E-state index contributed by atoms with van der Waals surface area (Å²) in [7, 11) is 0. The second-order valence-corrected chi connectivity index (χ2v) is 5.26. The van der Waals surface area contributed by atoms with Crippen LogP contribution in [0.5, 0.6) is 0 Å². The van der Waals surface area contributed by atoms with Gasteiger partial charge in [0.05, 0.1) is 6.54 Å². The Labute approximate surface area is 109 Å². The van der Waals surface area contributed by atoms with Crippen LogP contribution in [0.3, 0.4) is 0 Å². The maximum absolute atomic E-state index is 11.4. The van der Waals surface area contributed by atoms with E-state index in [2.05, 4.69) is 9.97 Å². The Balaban J connectivity index is 1.80. The molecule has 1 aliphatic rings. The largest absolute Gasteiger partial charge is 0.333 e. The van der Waals surface area contributed by atoms with Gasteiger partial charge in [0.1, 0.15) is 0 Å². The third kappa shape index (κ3) is 2.26. The molecular weight excluding hydrogens is 246 g/mol. The van der Waals surface area contributed by atoms with Crippen molar-refractivity contribution in [2.45, 2.75) is 12.8 Å². The maximum Gasteiger partial charge on any atom is 0.225 e. The van der Waals surface area contributed by atoms with Gasteiger partial charge in [0.15, 0.2) is 5.78 Å². The van der Waals surface area contributed by atoms with Crippen LogP contribution in [0.4, 0.5) is 5.95 Å². The number of anilines is 1. The second kappa shape index (κ2) is 4.86. The highest BCUT2D eigenvalue weighted by molar-refractivity contribution is 7.13. The summed E-state index contributed by atoms with van der Waals surface area (Å²) >= 11 is 1.67. The van der Waals surface area contributed by atoms with E-state index < -0.39 is 0 Å². The molecule has 3 rings (SSSR count). The topological polar surface area (TPSA) is 46.1 Å². The van der Waals surface area contributed by atoms with Gasteiger partial charge in [0.25, 0.3) is 0 Å². The van der Waals surface area contributed by atoms with Gasteiger partial charge in [-0.25, -0.2) is 9.97 Å². The van der Waals surface area contributed by atoms with Crippen LogP contribution in [0.25, 0.3) is 10.4 Å². The van der Waals surface area contributed by atoms with Crippen LogP contribution in [-0.4, -0.2) is 28.8 Å². The Morgan fingerprint density at radius 3 is 2.78 bits per heavy atom. The van der Waals surface area contributed by atoms with E-state index in [1.807, 2.05) is 34.8 Å². The second-order valence-electron chi connectivity index (χ2n) is 4.31. The van der Waals surface area contributed by atoms with E-state index in [0.29, 0.717) is 18.9 Å². The average molecular weight is 259 g/mol. The molecule has 0 aromatic carbocycles. The third-order valence-corrected chi connectivity index (χ3v) is 3.90. The van der Waals surface area contributed by atoms with Crippen molar-refractivity contribution in [1.82, 2.24) is 9.97 Å². The summed E-state index contributed by atoms with van der Waals surface area (Å²) in [5.74, 6) is 0.926. The SMILES string of the molecule is O=C1CCCN(c2ncc(-c3cccs3)cn2)C1. The average Bonchev–Trinajstić information content (AvgIpc) is 2.93. The van der Waals surface area contributed by atoms with E-state index in [4.69, 9.17) is 0 Å². The lowest BCUT2D eigenvalue weighted by Gasteiger charge is -2.25. The predicted molar refractivity (Wildman–Crippen MR) is 71.8 cm³/mol. The fourth-order valence-corrected chi connectivity index (χ4v) is 2.77. The van der Waals surface area contributed by atoms with E-state index >= 15 is 0 Å². The first-order chi connectivity index (χ1) is 8.83. The molecule has 2 aromatic heterocycles. The van der Waals surface area contributed by atoms with Crippen molar-refractivity contribution >= 4 is 23.1 Å². The molecule has 92 valence electrons. The Kier molecular flexibility index (Phi) is 3.06. The lowest BCUT2D eigenvalue weighted by atomic mass is 10.1. The normalized spacial score (nSPS) is 16.0. The van der Waals surface area contributed by atoms with Crippen molar-refractivity contribution in [2.24, 2.45) is 0 Å². The van der Waals surface area contributed by atoms with E-state index in [1.54, 1.807) is 11.3 Å². The summed E-state index contributed by atoms with van der Waals surface area (Å²) < 4.78 is 0. The highest BCUT2D eigenvalue weighted by atomic mass is 32.1. The van der Waals surface area contributed by atoms with Crippen molar-refractivity contribution in [1.29, 1.82) is 0 Å². The summed E-state index contributed by atoms with van der Waals surface area (Å²) in [6, 6.07) is 4.06. The van der Waals surface area contributed by atoms with Gasteiger partial charge in [-0.1, -0.05) is 6.07 Å². The van der Waals surface area contributed by atoms with Gasteiger partial charge in [-0.15, -0.1) is 11.3 Å². The third-order valence-electron chi connectivity index (χ3n) is 2.98. The van der Waals surface area contributed by atoms with Crippen LogP contribution in [0.2, 0.25) is 0 Å². The lowest BCUT2D eigenvalue weighted by molar-refractivity contribution is -0.118. The Hall–Kier alpha value is -1.75. The number of Topliss-reactive ketones (excluding diaryl/α,β-unsaturated/α-hetero) is 1. The summed E-state index contributed by atoms with van der Waals surface area (Å²) in [6.45, 7) is 1.31. The fraction of sp³-hybridized carbons (Fsp3) is 0.308. The minimum Gasteiger partial charge on any atom is -0.333 e. The molecule has 0 amide bonds. The summed E-state index contributed by atoms with van der Waals surface area (Å²) in [4.78, 5) is 23.2. The molecule has 0 bridgehead atoms. The maximum atomic E-state index is 11.4. The number of carbonyl (C=O) groups excluding carboxylic acids is 1. The number of nitrogens with zero attached hydrogens (tertiary/aromatic N) is 3. The van der Waals surface area contributed by atoms with Crippen molar-refractivity contribution in [3.63, 3.8) is 0 Å². The molecule has 0 spiro atoms. The molecular formula is C13H13N3OS. The van der Waals surface area contributed by atoms with Crippen molar-refractivity contribution in [3.8, 4) is 10.4 Å². The number of hydrogen-bond acceptors (Lipinski definition) is 5. The number of carbonyl (C=O) groups is 1. The smallest absolute Gasteiger partial charge is 0.225 e. The minimum atomic E-state index is 0.271. The van der Waals surface area contributed by atoms with Gasteiger partial charge in [-0.2, -0.15) is 0 Å². The van der Waals surface area contributed by atoms with Crippen LogP contribution in [0.1, 0.15) is 12.8 Å². The molecule has 0 unspecified atom stereocenters. The number of piperidine rings is 1. The summed E-state index contributed by atoms with van der Waals surface area (Å²) in [5, 5.41) is 2.03. The van der Waals surface area contributed by atoms with E-state index in [1.165, 1.54) is 0 Å². The Morgan fingerprint density at radius 2 is 2.11 bits per heavy atom. The molecule has 4 nitrogen and oxygen atoms in total. The zero-order valence-electron chi connectivity index (χ0n) is 9.87. The molecule has 0 saturated carbocycles. The first-order valence-electron chi connectivity index (χ1n) is 5.95. The van der Waals surface area contributed by atoms with Gasteiger partial charge >= 0.3 is 0 Å². The zero-order valence-corrected chi connectivity index (χ0v) is 10.7. The van der Waals surface area contributed by atoms with E-state index in [9.17, 15) is 4.79 Å². The molecule has 2 aromatic rings. The minimum absolute atomic E-state index is 0.271. The standard InChI is InChI=1S/C13H13N3OS/c17-11-3-1-5-16(9-11)13-14-7-10(8-15-13)12-4-2-6-18-12/h2,4,6-8H,1,3,5,9H2. The van der Waals surface area contributed by atoms with Gasteiger partial charge in [0, 0.05) is 35.8 Å². The molecule has 1 saturated heterocycles. The fourth-order valence-electron chi connectivity index (χ4n) is 2.06. The molecule has 5 heteroatoms. The van der Waals surface area contributed by atoms with Gasteiger partial charge < -0.3 is 4.90 Å². The highest BCUT2D eigenvalue weighted by Gasteiger charge is 2.18. The molecule has 0 aliphatic carbocycles. The monoisotopic (exact) mass is 259 g/mol. The van der Waals surface area contributed by atoms with Crippen molar-refractivity contribution < 1.29 is 4.79 Å². The Bertz CT molecular complexity index is 536. The Morgan fingerprint density at radius 1 is 1.28 bits per heavy atom. The number of rotatable bonds is 2. The molecule has 0 radical (unpaired) electrons. The first-order valence-corrected chi connectivity index (χ1v) is 6.83. The van der Waals surface area contributed by atoms with Crippen LogP contribution >= 0.6 is 11.3 Å². The number of thiophene rings is 1. The predicted octanol–water partition coefficient (Wildman–Crippen LogP) is 2.37. The summed E-state index contributed by atoms with van der Waals surface area (Å²) in [6.07, 6.45) is 5.24. The number of aromatic nitrogens is 2. The molecule has 0 atom stereocenters. The molecule has 0 N–H and O–H groups in total. The van der Waals surface area contributed by atoms with E-state index in [0.717, 1.165) is 23.4 Å². The molecule has 1 fully saturated rings. The van der Waals surface area contributed by atoms with Crippen molar-refractivity contribution in [3.05, 3.63) is 29.9 Å². The van der Waals surface area contributed by atoms with Crippen LogP contribution in [0, 0.1) is 0 Å². The van der Waals surface area contributed by atoms with E-state index in [-0.39, 0.29) is 5.78 Å². The summed E-state index contributed by atoms with van der Waals surface area (Å²) in [5.41, 5.74) is 1.03. The van der Waals surface area contributed by atoms with Crippen LogP contribution in [0.15, 0.2) is 29.9 Å². The highest BCUT2D eigenvalue weighted by Crippen LogP contribution is 2.24. The lowest BCUT2D eigenvalue weighted by Crippen LogP contribution is -2.36. The van der Waals surface area contributed by atoms with Gasteiger partial charge in [-0.05, 0) is 17.9 Å². The van der Waals surface area contributed by atoms with Crippen molar-refractivity contribution in [2.75, 3.05) is 18.0 Å². The molecule has 1 aliphatic heterocycles. The molecule has 18 heavy (non-hydrogen) atoms. The molecule has 3 heterocycles. The van der Waals surface area contributed by atoms with Crippen LogP contribution < -0.4 is 4.90 Å². The van der Waals surface area contributed by atoms with Gasteiger partial charge in [-0.3, -0.25) is 4.79 Å². The number of hydrogen-bond donors (Lipinski definition) is 0. The first kappa shape index (κ1) is 11.3. The zero-order chi connectivity index (χ0) is 12.4. The quantitative estimate of drug-likeness (QED) is 0.830. The van der Waals surface area contributed by atoms with Crippen LogP contribution in [-0.2, 0) is 4.79 Å².